The van der Waals surface area contributed by atoms with Gasteiger partial charge in [0, 0.05) is 6.54 Å². The highest BCUT2D eigenvalue weighted by Crippen LogP contribution is 2.38. The van der Waals surface area contributed by atoms with Gasteiger partial charge in [0.1, 0.15) is 11.3 Å². The molecule has 1 atom stereocenters. The molecule has 3 aromatic rings. The summed E-state index contributed by atoms with van der Waals surface area (Å²) in [6.07, 6.45) is 0.797. The Morgan fingerprint density at radius 2 is 1.74 bits per heavy atom. The summed E-state index contributed by atoms with van der Waals surface area (Å²) in [7, 11) is 5.62. The Labute approximate surface area is 182 Å². The van der Waals surface area contributed by atoms with Gasteiger partial charge in [-0.1, -0.05) is 12.1 Å². The topological polar surface area (TPSA) is 63.0 Å². The molecule has 4 rings (SSSR count). The van der Waals surface area contributed by atoms with Crippen molar-refractivity contribution in [3.63, 3.8) is 0 Å². The number of rotatable bonds is 6. The Kier molecular flexibility index (Phi) is 5.58. The summed E-state index contributed by atoms with van der Waals surface area (Å²) in [4.78, 5) is 30.8. The van der Waals surface area contributed by atoms with Crippen LogP contribution >= 0.6 is 0 Å². The van der Waals surface area contributed by atoms with Gasteiger partial charge in [-0.2, -0.15) is 0 Å². The van der Waals surface area contributed by atoms with Crippen LogP contribution in [0.2, 0.25) is 0 Å². The van der Waals surface area contributed by atoms with Gasteiger partial charge in [-0.25, -0.2) is 0 Å². The van der Waals surface area contributed by atoms with Crippen molar-refractivity contribution >= 4 is 16.9 Å². The highest BCUT2D eigenvalue weighted by molar-refractivity contribution is 5.99. The van der Waals surface area contributed by atoms with Crippen molar-refractivity contribution in [1.82, 2.24) is 9.80 Å². The van der Waals surface area contributed by atoms with Gasteiger partial charge < -0.3 is 19.0 Å². The van der Waals surface area contributed by atoms with E-state index in [9.17, 15) is 9.59 Å². The van der Waals surface area contributed by atoms with Crippen molar-refractivity contribution in [2.24, 2.45) is 0 Å². The lowest BCUT2D eigenvalue weighted by molar-refractivity contribution is 0.0722. The first-order valence-electron chi connectivity index (χ1n) is 10.5. The van der Waals surface area contributed by atoms with Crippen molar-refractivity contribution in [2.75, 3.05) is 34.3 Å². The van der Waals surface area contributed by atoms with Crippen LogP contribution in [0.5, 0.6) is 5.75 Å². The summed E-state index contributed by atoms with van der Waals surface area (Å²) < 4.78 is 11.3. The van der Waals surface area contributed by atoms with Gasteiger partial charge in [-0.15, -0.1) is 0 Å². The summed E-state index contributed by atoms with van der Waals surface area (Å²) >= 11 is 0. The second-order valence-electron chi connectivity index (χ2n) is 8.44. The number of nitrogens with zero attached hydrogens (tertiary/aromatic N) is 2. The molecule has 0 aliphatic carbocycles. The van der Waals surface area contributed by atoms with Crippen LogP contribution in [0.3, 0.4) is 0 Å². The normalized spacial score (nSPS) is 15.7. The average molecular weight is 421 g/mol. The predicted molar refractivity (Wildman–Crippen MR) is 121 cm³/mol. The Balaban J connectivity index is 1.88. The fourth-order valence-corrected chi connectivity index (χ4v) is 4.20. The molecule has 2 heterocycles. The number of ether oxygens (including phenoxy) is 1. The van der Waals surface area contributed by atoms with Crippen LogP contribution in [0.15, 0.2) is 45.6 Å². The monoisotopic (exact) mass is 420 g/mol. The maximum Gasteiger partial charge on any atom is 0.290 e. The molecule has 1 aliphatic rings. The predicted octanol–water partition coefficient (Wildman–Crippen LogP) is 3.92. The van der Waals surface area contributed by atoms with Gasteiger partial charge in [0.15, 0.2) is 5.43 Å². The van der Waals surface area contributed by atoms with Crippen molar-refractivity contribution in [3.8, 4) is 5.75 Å². The van der Waals surface area contributed by atoms with E-state index in [-0.39, 0.29) is 17.1 Å². The molecule has 162 valence electrons. The largest absolute Gasteiger partial charge is 0.497 e. The minimum absolute atomic E-state index is 0.136. The molecule has 0 N–H and O–H groups in total. The Bertz CT molecular complexity index is 1190. The van der Waals surface area contributed by atoms with Crippen LogP contribution in [0.4, 0.5) is 0 Å². The van der Waals surface area contributed by atoms with Gasteiger partial charge in [0.05, 0.1) is 24.1 Å². The average Bonchev–Trinajstić information content (AvgIpc) is 3.02. The van der Waals surface area contributed by atoms with E-state index in [2.05, 4.69) is 4.90 Å². The van der Waals surface area contributed by atoms with E-state index in [1.54, 1.807) is 12.0 Å². The number of carbonyl (C=O) groups excluding carboxylic acids is 1. The third-order valence-corrected chi connectivity index (χ3v) is 6.02. The molecule has 6 heteroatoms. The fourth-order valence-electron chi connectivity index (χ4n) is 4.20. The molecule has 0 unspecified atom stereocenters. The number of hydrogen-bond acceptors (Lipinski definition) is 5. The van der Waals surface area contributed by atoms with E-state index in [0.717, 1.165) is 35.4 Å². The molecule has 0 fully saturated rings. The third-order valence-electron chi connectivity index (χ3n) is 6.02. The summed E-state index contributed by atoms with van der Waals surface area (Å²) in [6.45, 7) is 5.32. The lowest BCUT2D eigenvalue weighted by atomic mass is 9.97. The van der Waals surface area contributed by atoms with Crippen molar-refractivity contribution in [1.29, 1.82) is 0 Å². The van der Waals surface area contributed by atoms with Gasteiger partial charge >= 0.3 is 0 Å². The second kappa shape index (κ2) is 8.19. The van der Waals surface area contributed by atoms with Crippen molar-refractivity contribution < 1.29 is 13.9 Å². The molecule has 2 aromatic carbocycles. The number of methoxy groups -OCH3 is 1. The summed E-state index contributed by atoms with van der Waals surface area (Å²) in [5.74, 6) is 0.655. The van der Waals surface area contributed by atoms with Gasteiger partial charge in [-0.3, -0.25) is 9.59 Å². The van der Waals surface area contributed by atoms with Crippen LogP contribution in [-0.4, -0.2) is 50.0 Å². The standard InChI is InChI=1S/C25H28N2O4/c1-15-13-19-20(14-16(15)2)31-24-21(23(19)28)22(17-7-9-18(30-5)10-8-17)27(25(24)29)12-6-11-26(3)4/h7-10,13-14,22H,6,11-12H2,1-5H3/t22-/m1/s1. The zero-order valence-corrected chi connectivity index (χ0v) is 18.7. The Hall–Kier alpha value is -3.12. The molecule has 0 spiro atoms. The molecular weight excluding hydrogens is 392 g/mol. The zero-order valence-electron chi connectivity index (χ0n) is 18.7. The molecule has 1 aromatic heterocycles. The van der Waals surface area contributed by atoms with Crippen LogP contribution in [0.1, 0.15) is 45.3 Å². The Morgan fingerprint density at radius 1 is 1.06 bits per heavy atom. The zero-order chi connectivity index (χ0) is 22.3. The number of aryl methyl sites for hydroxylation is 2. The van der Waals surface area contributed by atoms with Crippen LogP contribution in [0, 0.1) is 13.8 Å². The van der Waals surface area contributed by atoms with E-state index in [1.807, 2.05) is 64.3 Å². The SMILES string of the molecule is COc1ccc([C@@H]2c3c(oc4cc(C)c(C)cc4c3=O)C(=O)N2CCCN(C)C)cc1. The first kappa shape index (κ1) is 21.1. The second-order valence-corrected chi connectivity index (χ2v) is 8.44. The van der Waals surface area contributed by atoms with E-state index >= 15 is 0 Å². The summed E-state index contributed by atoms with van der Waals surface area (Å²) in [6, 6.07) is 10.8. The maximum absolute atomic E-state index is 13.6. The first-order chi connectivity index (χ1) is 14.8. The first-order valence-corrected chi connectivity index (χ1v) is 10.5. The van der Waals surface area contributed by atoms with Gasteiger partial charge in [0.25, 0.3) is 5.91 Å². The maximum atomic E-state index is 13.6. The molecule has 0 bridgehead atoms. The van der Waals surface area contributed by atoms with Crippen molar-refractivity contribution in [2.45, 2.75) is 26.3 Å². The minimum Gasteiger partial charge on any atom is -0.497 e. The molecule has 0 saturated heterocycles. The molecule has 1 amide bonds. The van der Waals surface area contributed by atoms with Crippen LogP contribution < -0.4 is 10.2 Å². The lowest BCUT2D eigenvalue weighted by Crippen LogP contribution is -2.32. The molecule has 0 saturated carbocycles. The summed E-state index contributed by atoms with van der Waals surface area (Å²) in [5.41, 5.74) is 3.67. The number of carbonyl (C=O) groups is 1. The van der Waals surface area contributed by atoms with E-state index in [0.29, 0.717) is 23.1 Å². The molecular formula is C25H28N2O4. The fraction of sp³-hybridized carbons (Fsp3) is 0.360. The van der Waals surface area contributed by atoms with Gasteiger partial charge in [0.2, 0.25) is 5.76 Å². The van der Waals surface area contributed by atoms with Crippen molar-refractivity contribution in [3.05, 3.63) is 74.6 Å². The summed E-state index contributed by atoms with van der Waals surface area (Å²) in [5, 5.41) is 0.517. The van der Waals surface area contributed by atoms with E-state index in [4.69, 9.17) is 9.15 Å². The third kappa shape index (κ3) is 3.72. The van der Waals surface area contributed by atoms with Gasteiger partial charge in [-0.05, 0) is 81.9 Å². The molecule has 0 radical (unpaired) electrons. The molecule has 6 nitrogen and oxygen atoms in total. The molecule has 1 aliphatic heterocycles. The Morgan fingerprint density at radius 3 is 2.39 bits per heavy atom. The van der Waals surface area contributed by atoms with E-state index in [1.165, 1.54) is 0 Å². The highest BCUT2D eigenvalue weighted by atomic mass is 16.5. The van der Waals surface area contributed by atoms with Crippen LogP contribution in [-0.2, 0) is 0 Å². The van der Waals surface area contributed by atoms with E-state index < -0.39 is 6.04 Å². The number of amides is 1. The number of hydrogen-bond donors (Lipinski definition) is 0. The van der Waals surface area contributed by atoms with Crippen LogP contribution in [0.25, 0.3) is 11.0 Å². The number of benzene rings is 2. The number of fused-ring (bicyclic) bond motifs is 2. The molecule has 31 heavy (non-hydrogen) atoms. The smallest absolute Gasteiger partial charge is 0.290 e. The quantitative estimate of drug-likeness (QED) is 0.605. The minimum atomic E-state index is -0.474. The highest BCUT2D eigenvalue weighted by Gasteiger charge is 2.42. The lowest BCUT2D eigenvalue weighted by Gasteiger charge is -2.25.